The largest absolute Gasteiger partial charge is 0.480 e. The van der Waals surface area contributed by atoms with Crippen molar-refractivity contribution in [1.82, 2.24) is 25.9 Å². The molecule has 7 N–H and O–H groups in total. The van der Waals surface area contributed by atoms with Gasteiger partial charge in [0.2, 0.25) is 17.7 Å². The molecule has 1 aromatic rings. The summed E-state index contributed by atoms with van der Waals surface area (Å²) in [5.41, 5.74) is 6.60. The van der Waals surface area contributed by atoms with Crippen LogP contribution in [-0.2, 0) is 25.6 Å². The highest BCUT2D eigenvalue weighted by atomic mass is 16.4. The van der Waals surface area contributed by atoms with Crippen molar-refractivity contribution in [2.24, 2.45) is 17.6 Å². The monoisotopic (exact) mass is 410 g/mol. The first-order chi connectivity index (χ1) is 13.5. The first-order valence-corrected chi connectivity index (χ1v) is 9.36. The fourth-order valence-electron chi connectivity index (χ4n) is 2.57. The summed E-state index contributed by atoms with van der Waals surface area (Å²) in [6, 6.07) is -2.74. The number of amides is 3. The van der Waals surface area contributed by atoms with E-state index in [0.717, 1.165) is 0 Å². The van der Waals surface area contributed by atoms with E-state index in [1.54, 1.807) is 33.9 Å². The molecule has 0 spiro atoms. The van der Waals surface area contributed by atoms with E-state index in [-0.39, 0.29) is 18.3 Å². The van der Waals surface area contributed by atoms with Crippen LogP contribution in [0.1, 0.15) is 33.4 Å². The maximum atomic E-state index is 12.7. The van der Waals surface area contributed by atoms with Crippen LogP contribution in [0.3, 0.4) is 0 Å². The molecule has 29 heavy (non-hydrogen) atoms. The van der Waals surface area contributed by atoms with Gasteiger partial charge in [0.1, 0.15) is 18.6 Å². The van der Waals surface area contributed by atoms with E-state index < -0.39 is 48.4 Å². The van der Waals surface area contributed by atoms with Crippen molar-refractivity contribution in [3.8, 4) is 0 Å². The number of aromatic nitrogens is 2. The van der Waals surface area contributed by atoms with Gasteiger partial charge in [-0.25, -0.2) is 4.98 Å². The van der Waals surface area contributed by atoms with E-state index in [1.165, 1.54) is 6.33 Å². The van der Waals surface area contributed by atoms with Gasteiger partial charge in [-0.2, -0.15) is 0 Å². The third-order valence-corrected chi connectivity index (χ3v) is 4.24. The third-order valence-electron chi connectivity index (χ3n) is 4.24. The molecule has 0 aliphatic heterocycles. The van der Waals surface area contributed by atoms with Gasteiger partial charge in [0, 0.05) is 18.3 Å². The van der Waals surface area contributed by atoms with Gasteiger partial charge < -0.3 is 31.8 Å². The molecule has 1 rings (SSSR count). The Kier molecular flexibility index (Phi) is 9.26. The van der Waals surface area contributed by atoms with Crippen molar-refractivity contribution < 1.29 is 24.3 Å². The van der Waals surface area contributed by atoms with E-state index >= 15 is 0 Å². The number of nitrogens with one attached hydrogen (secondary N) is 4. The first-order valence-electron chi connectivity index (χ1n) is 9.36. The highest BCUT2D eigenvalue weighted by Crippen LogP contribution is 2.07. The molecule has 0 bridgehead atoms. The van der Waals surface area contributed by atoms with Crippen LogP contribution in [0.5, 0.6) is 0 Å². The van der Waals surface area contributed by atoms with Crippen LogP contribution in [0.15, 0.2) is 12.5 Å². The smallest absolute Gasteiger partial charge is 0.322 e. The topological polar surface area (TPSA) is 179 Å². The number of rotatable bonds is 11. The van der Waals surface area contributed by atoms with Gasteiger partial charge in [0.15, 0.2) is 0 Å². The van der Waals surface area contributed by atoms with Gasteiger partial charge in [0.05, 0.1) is 12.4 Å². The Morgan fingerprint density at radius 3 is 2.07 bits per heavy atom. The molecule has 0 radical (unpaired) electrons. The molecule has 3 amide bonds. The lowest BCUT2D eigenvalue weighted by atomic mass is 9.99. The molecule has 3 atom stereocenters. The van der Waals surface area contributed by atoms with Crippen LogP contribution < -0.4 is 21.7 Å². The fourth-order valence-corrected chi connectivity index (χ4v) is 2.57. The van der Waals surface area contributed by atoms with E-state index in [4.69, 9.17) is 10.8 Å². The summed E-state index contributed by atoms with van der Waals surface area (Å²) in [7, 11) is 0. The fraction of sp³-hybridized carbons (Fsp3) is 0.611. The van der Waals surface area contributed by atoms with Crippen LogP contribution in [0.25, 0.3) is 0 Å². The normalized spacial score (nSPS) is 14.2. The zero-order valence-corrected chi connectivity index (χ0v) is 17.1. The highest BCUT2D eigenvalue weighted by Gasteiger charge is 2.31. The van der Waals surface area contributed by atoms with Crippen LogP contribution in [0.2, 0.25) is 0 Å². The zero-order chi connectivity index (χ0) is 22.1. The second kappa shape index (κ2) is 11.1. The lowest BCUT2D eigenvalue weighted by molar-refractivity contribution is -0.139. The molecule has 0 aromatic carbocycles. The number of carboxylic acid groups (broad SMARTS) is 1. The van der Waals surface area contributed by atoms with Crippen LogP contribution in [-0.4, -0.2) is 63.4 Å². The summed E-state index contributed by atoms with van der Waals surface area (Å²) < 4.78 is 0. The number of imidazole rings is 1. The molecule has 162 valence electrons. The number of hydrogen-bond donors (Lipinski definition) is 6. The predicted octanol–water partition coefficient (Wildman–Crippen LogP) is -1.24. The molecule has 11 heteroatoms. The number of carboxylic acids is 1. The lowest BCUT2D eigenvalue weighted by Crippen LogP contribution is -2.58. The molecule has 0 saturated carbocycles. The molecule has 3 unspecified atom stereocenters. The second-order valence-corrected chi connectivity index (χ2v) is 7.46. The number of hydrogen-bond acceptors (Lipinski definition) is 6. The number of nitrogens with two attached hydrogens (primary N) is 1. The van der Waals surface area contributed by atoms with Gasteiger partial charge in [-0.1, -0.05) is 27.7 Å². The van der Waals surface area contributed by atoms with Crippen molar-refractivity contribution in [2.45, 2.75) is 52.2 Å². The van der Waals surface area contributed by atoms with Crippen LogP contribution in [0, 0.1) is 11.8 Å². The maximum Gasteiger partial charge on any atom is 0.322 e. The second-order valence-electron chi connectivity index (χ2n) is 7.46. The van der Waals surface area contributed by atoms with Gasteiger partial charge in [-0.15, -0.1) is 0 Å². The predicted molar refractivity (Wildman–Crippen MR) is 104 cm³/mol. The average Bonchev–Trinajstić information content (AvgIpc) is 3.13. The summed E-state index contributed by atoms with van der Waals surface area (Å²) in [4.78, 5) is 54.7. The van der Waals surface area contributed by atoms with Gasteiger partial charge in [0.25, 0.3) is 0 Å². The summed E-state index contributed by atoms with van der Waals surface area (Å²) in [6.07, 6.45) is 3.26. The molecule has 1 aromatic heterocycles. The molecule has 11 nitrogen and oxygen atoms in total. The molecule has 0 fully saturated rings. The Balaban J connectivity index is 2.77. The summed E-state index contributed by atoms with van der Waals surface area (Å²) in [5.74, 6) is -3.42. The Morgan fingerprint density at radius 2 is 1.59 bits per heavy atom. The van der Waals surface area contributed by atoms with Gasteiger partial charge in [-0.3, -0.25) is 19.2 Å². The molecular weight excluding hydrogens is 380 g/mol. The molecule has 0 saturated heterocycles. The number of carbonyl (C=O) groups excluding carboxylic acids is 3. The van der Waals surface area contributed by atoms with E-state index in [1.807, 2.05) is 0 Å². The number of aromatic amines is 1. The minimum Gasteiger partial charge on any atom is -0.480 e. The Bertz CT molecular complexity index is 704. The summed E-state index contributed by atoms with van der Waals surface area (Å²) in [5, 5.41) is 16.2. The average molecular weight is 410 g/mol. The maximum absolute atomic E-state index is 12.7. The minimum absolute atomic E-state index is 0.227. The van der Waals surface area contributed by atoms with Crippen molar-refractivity contribution >= 4 is 23.7 Å². The number of carbonyl (C=O) groups is 4. The lowest BCUT2D eigenvalue weighted by Gasteiger charge is -2.27. The quantitative estimate of drug-likeness (QED) is 0.264. The van der Waals surface area contributed by atoms with Gasteiger partial charge in [-0.05, 0) is 11.8 Å². The molecule has 1 heterocycles. The van der Waals surface area contributed by atoms with Crippen molar-refractivity contribution in [1.29, 1.82) is 0 Å². The Hall–Kier alpha value is -2.95. The SMILES string of the molecule is CC(C)C(NC(=O)C(N)Cc1cnc[nH]1)C(=O)NC(C(=O)NCC(=O)O)C(C)C. The van der Waals surface area contributed by atoms with Crippen LogP contribution in [0.4, 0.5) is 0 Å². The zero-order valence-electron chi connectivity index (χ0n) is 17.1. The standard InChI is InChI=1S/C18H30N6O5/c1-9(2)14(17(28)21-7-13(25)26)24-18(29)15(10(3)4)23-16(27)12(19)5-11-6-20-8-22-11/h6,8-10,12,14-15H,5,7,19H2,1-4H3,(H,20,22)(H,21,28)(H,23,27)(H,24,29)(H,25,26). The summed E-state index contributed by atoms with van der Waals surface area (Å²) >= 11 is 0. The third kappa shape index (κ3) is 7.90. The Morgan fingerprint density at radius 1 is 1.03 bits per heavy atom. The number of nitrogens with zero attached hydrogens (tertiary/aromatic N) is 1. The van der Waals surface area contributed by atoms with E-state index in [0.29, 0.717) is 5.69 Å². The summed E-state index contributed by atoms with van der Waals surface area (Å²) in [6.45, 7) is 6.38. The molecule has 0 aliphatic carbocycles. The Labute approximate surface area is 169 Å². The number of aliphatic carboxylic acids is 1. The van der Waals surface area contributed by atoms with Crippen molar-refractivity contribution in [2.75, 3.05) is 6.54 Å². The first kappa shape index (κ1) is 24.1. The minimum atomic E-state index is -1.19. The van der Waals surface area contributed by atoms with E-state index in [9.17, 15) is 19.2 Å². The highest BCUT2D eigenvalue weighted by molar-refractivity contribution is 5.93. The van der Waals surface area contributed by atoms with E-state index in [2.05, 4.69) is 25.9 Å². The van der Waals surface area contributed by atoms with Crippen molar-refractivity contribution in [3.63, 3.8) is 0 Å². The van der Waals surface area contributed by atoms with Gasteiger partial charge >= 0.3 is 5.97 Å². The van der Waals surface area contributed by atoms with Crippen LogP contribution >= 0.6 is 0 Å². The molecule has 0 aliphatic rings. The number of H-pyrrole nitrogens is 1. The van der Waals surface area contributed by atoms with Crippen molar-refractivity contribution in [3.05, 3.63) is 18.2 Å². The molecular formula is C18H30N6O5.